The van der Waals surface area contributed by atoms with Gasteiger partial charge in [-0.3, -0.25) is 9.59 Å². The maximum atomic E-state index is 13.1. The quantitative estimate of drug-likeness (QED) is 0.487. The Balaban J connectivity index is 2.27. The van der Waals surface area contributed by atoms with E-state index in [-0.39, 0.29) is 25.0 Å². The molecule has 2 aromatic carbocycles. The zero-order valence-corrected chi connectivity index (χ0v) is 20.3. The molecule has 2 aromatic rings. The van der Waals surface area contributed by atoms with Gasteiger partial charge in [-0.15, -0.1) is 0 Å². The predicted octanol–water partition coefficient (Wildman–Crippen LogP) is 5.39. The number of likely N-dealkylation sites (N-methyl/N-ethyl adjacent to an activating group) is 1. The summed E-state index contributed by atoms with van der Waals surface area (Å²) < 4.78 is 6.66. The Hall–Kier alpha value is -1.76. The number of hydrogen-bond acceptors (Lipinski definition) is 3. The second kappa shape index (κ2) is 11.6. The average Bonchev–Trinajstić information content (AvgIpc) is 2.70. The van der Waals surface area contributed by atoms with E-state index in [1.807, 2.05) is 32.9 Å². The molecule has 5 nitrogen and oxygen atoms in total. The highest BCUT2D eigenvalue weighted by Crippen LogP contribution is 2.27. The van der Waals surface area contributed by atoms with Gasteiger partial charge in [-0.25, -0.2) is 0 Å². The van der Waals surface area contributed by atoms with Gasteiger partial charge >= 0.3 is 0 Å². The van der Waals surface area contributed by atoms with Crippen LogP contribution in [0.4, 0.5) is 0 Å². The lowest BCUT2D eigenvalue weighted by atomic mass is 10.1. The molecule has 8 heteroatoms. The Morgan fingerprint density at radius 3 is 2.40 bits per heavy atom. The van der Waals surface area contributed by atoms with E-state index in [1.54, 1.807) is 24.3 Å². The van der Waals surface area contributed by atoms with Crippen molar-refractivity contribution in [2.45, 2.75) is 39.8 Å². The highest BCUT2D eigenvalue weighted by molar-refractivity contribution is 9.10. The van der Waals surface area contributed by atoms with Crippen LogP contribution in [0.25, 0.3) is 0 Å². The fourth-order valence-electron chi connectivity index (χ4n) is 3.00. The fraction of sp³-hybridized carbons (Fsp3) is 0.364. The van der Waals surface area contributed by atoms with Gasteiger partial charge in [0.2, 0.25) is 5.91 Å². The van der Waals surface area contributed by atoms with Gasteiger partial charge < -0.3 is 15.0 Å². The Morgan fingerprint density at radius 1 is 1.17 bits per heavy atom. The van der Waals surface area contributed by atoms with Gasteiger partial charge in [-0.2, -0.15) is 0 Å². The fourth-order valence-corrected chi connectivity index (χ4v) is 3.76. The second-order valence-corrected chi connectivity index (χ2v) is 8.41. The number of halogens is 3. The van der Waals surface area contributed by atoms with E-state index in [4.69, 9.17) is 27.9 Å². The molecule has 0 aliphatic carbocycles. The van der Waals surface area contributed by atoms with E-state index in [0.717, 1.165) is 10.0 Å². The monoisotopic (exact) mass is 514 g/mol. The van der Waals surface area contributed by atoms with Crippen molar-refractivity contribution in [3.8, 4) is 5.75 Å². The molecular weight excluding hydrogens is 491 g/mol. The molecule has 0 heterocycles. The van der Waals surface area contributed by atoms with Gasteiger partial charge in [0.25, 0.3) is 5.91 Å². The molecular formula is C22H25BrCl2N2O3. The highest BCUT2D eigenvalue weighted by atomic mass is 79.9. The number of carbonyl (C=O) groups excluding carboxylic acids is 2. The smallest absolute Gasteiger partial charge is 0.261 e. The summed E-state index contributed by atoms with van der Waals surface area (Å²) in [4.78, 5) is 27.2. The lowest BCUT2D eigenvalue weighted by Gasteiger charge is -2.31. The normalized spacial score (nSPS) is 11.7. The van der Waals surface area contributed by atoms with E-state index >= 15 is 0 Å². The molecule has 0 aliphatic heterocycles. The van der Waals surface area contributed by atoms with Crippen LogP contribution in [0.15, 0.2) is 40.9 Å². The summed E-state index contributed by atoms with van der Waals surface area (Å²) in [5, 5.41) is 3.67. The molecule has 0 saturated heterocycles. The van der Waals surface area contributed by atoms with Crippen LogP contribution >= 0.6 is 39.1 Å². The van der Waals surface area contributed by atoms with Crippen LogP contribution in [-0.4, -0.2) is 35.9 Å². The van der Waals surface area contributed by atoms with Crippen LogP contribution in [0, 0.1) is 6.92 Å². The molecule has 0 aliphatic rings. The third-order valence-electron chi connectivity index (χ3n) is 4.62. The standard InChI is InChI=1S/C22H25BrCl2N2O3/c1-4-20(22(29)26-5-2)27(12-16-18(24)7-6-8-19(16)25)21(28)13-30-15-9-10-17(23)14(3)11-15/h6-11,20H,4-5,12-13H2,1-3H3,(H,26,29)/t20-/m0/s1. The van der Waals surface area contributed by atoms with Gasteiger partial charge in [0.1, 0.15) is 11.8 Å². The van der Waals surface area contributed by atoms with Crippen LogP contribution in [0.1, 0.15) is 31.4 Å². The number of rotatable bonds is 9. The Labute approximate surface area is 195 Å². The van der Waals surface area contributed by atoms with Crippen molar-refractivity contribution in [1.29, 1.82) is 0 Å². The highest BCUT2D eigenvalue weighted by Gasteiger charge is 2.29. The molecule has 0 bridgehead atoms. The second-order valence-electron chi connectivity index (χ2n) is 6.74. The van der Waals surface area contributed by atoms with Crippen molar-refractivity contribution < 1.29 is 14.3 Å². The predicted molar refractivity (Wildman–Crippen MR) is 124 cm³/mol. The number of amides is 2. The van der Waals surface area contributed by atoms with Gasteiger partial charge in [0.15, 0.2) is 6.61 Å². The number of hydrogen-bond donors (Lipinski definition) is 1. The molecule has 0 radical (unpaired) electrons. The molecule has 1 N–H and O–H groups in total. The van der Waals surface area contributed by atoms with Crippen LogP contribution in [0.5, 0.6) is 5.75 Å². The Kier molecular flexibility index (Phi) is 9.46. The molecule has 162 valence electrons. The minimum atomic E-state index is -0.667. The minimum absolute atomic E-state index is 0.107. The molecule has 0 fully saturated rings. The summed E-state index contributed by atoms with van der Waals surface area (Å²) in [7, 11) is 0. The Bertz CT molecular complexity index is 888. The maximum Gasteiger partial charge on any atom is 0.261 e. The van der Waals surface area contributed by atoms with E-state index < -0.39 is 6.04 Å². The van der Waals surface area contributed by atoms with Gasteiger partial charge in [-0.1, -0.05) is 52.1 Å². The zero-order valence-electron chi connectivity index (χ0n) is 17.2. The Morgan fingerprint density at radius 2 is 1.83 bits per heavy atom. The largest absolute Gasteiger partial charge is 0.484 e. The summed E-state index contributed by atoms with van der Waals surface area (Å²) in [5.41, 5.74) is 1.59. The minimum Gasteiger partial charge on any atom is -0.484 e. The molecule has 0 aromatic heterocycles. The van der Waals surface area contributed by atoms with Gasteiger partial charge in [-0.05, 0) is 56.2 Å². The van der Waals surface area contributed by atoms with Crippen LogP contribution in [0.3, 0.4) is 0 Å². The first kappa shape index (κ1) is 24.5. The summed E-state index contributed by atoms with van der Waals surface area (Å²) in [5.74, 6) is 0.0199. The van der Waals surface area contributed by atoms with Crippen molar-refractivity contribution in [3.05, 3.63) is 62.0 Å². The van der Waals surface area contributed by atoms with Crippen molar-refractivity contribution >= 4 is 50.9 Å². The SMILES string of the molecule is CCNC(=O)[C@H](CC)N(Cc1c(Cl)cccc1Cl)C(=O)COc1ccc(Br)c(C)c1. The van der Waals surface area contributed by atoms with Gasteiger partial charge in [0, 0.05) is 33.2 Å². The number of nitrogens with one attached hydrogen (secondary N) is 1. The van der Waals surface area contributed by atoms with Crippen LogP contribution < -0.4 is 10.1 Å². The van der Waals surface area contributed by atoms with E-state index in [9.17, 15) is 9.59 Å². The number of carbonyl (C=O) groups is 2. The molecule has 30 heavy (non-hydrogen) atoms. The number of ether oxygens (including phenoxy) is 1. The average molecular weight is 516 g/mol. The molecule has 2 amide bonds. The van der Waals surface area contributed by atoms with Gasteiger partial charge in [0.05, 0.1) is 0 Å². The maximum absolute atomic E-state index is 13.1. The van der Waals surface area contributed by atoms with Crippen molar-refractivity contribution in [2.75, 3.05) is 13.2 Å². The topological polar surface area (TPSA) is 58.6 Å². The van der Waals surface area contributed by atoms with E-state index in [1.165, 1.54) is 4.90 Å². The van der Waals surface area contributed by atoms with Crippen LogP contribution in [-0.2, 0) is 16.1 Å². The van der Waals surface area contributed by atoms with E-state index in [2.05, 4.69) is 21.2 Å². The third kappa shape index (κ3) is 6.37. The molecule has 0 saturated carbocycles. The summed E-state index contributed by atoms with van der Waals surface area (Å²) >= 11 is 16.1. The zero-order chi connectivity index (χ0) is 22.3. The van der Waals surface area contributed by atoms with Crippen molar-refractivity contribution in [1.82, 2.24) is 10.2 Å². The first-order valence-electron chi connectivity index (χ1n) is 9.67. The molecule has 1 atom stereocenters. The first-order valence-corrected chi connectivity index (χ1v) is 11.2. The summed E-state index contributed by atoms with van der Waals surface area (Å²) in [6.07, 6.45) is 0.442. The van der Waals surface area contributed by atoms with Crippen molar-refractivity contribution in [3.63, 3.8) is 0 Å². The van der Waals surface area contributed by atoms with Crippen LogP contribution in [0.2, 0.25) is 10.0 Å². The first-order chi connectivity index (χ1) is 14.3. The lowest BCUT2D eigenvalue weighted by Crippen LogP contribution is -2.50. The number of benzene rings is 2. The molecule has 0 unspecified atom stereocenters. The summed E-state index contributed by atoms with van der Waals surface area (Å²) in [6, 6.07) is 9.97. The van der Waals surface area contributed by atoms with E-state index in [0.29, 0.717) is 34.3 Å². The number of aryl methyl sites for hydroxylation is 1. The summed E-state index contributed by atoms with van der Waals surface area (Å²) in [6.45, 7) is 5.99. The van der Waals surface area contributed by atoms with Crippen molar-refractivity contribution in [2.24, 2.45) is 0 Å². The lowest BCUT2D eigenvalue weighted by molar-refractivity contribution is -0.142. The number of nitrogens with zero attached hydrogens (tertiary/aromatic N) is 1. The molecule has 0 spiro atoms. The third-order valence-corrected chi connectivity index (χ3v) is 6.22. The molecule has 2 rings (SSSR count).